The van der Waals surface area contributed by atoms with Crippen molar-refractivity contribution in [2.24, 2.45) is 0 Å². The summed E-state index contributed by atoms with van der Waals surface area (Å²) in [7, 11) is 1.98. The van der Waals surface area contributed by atoms with Gasteiger partial charge in [0.25, 0.3) is 0 Å². The molecule has 1 N–H and O–H groups in total. The van der Waals surface area contributed by atoms with Crippen molar-refractivity contribution in [1.82, 2.24) is 10.3 Å². The SMILES string of the molecule is CNC(c1cc(C)ccn1)c1ccc(C)s1. The van der Waals surface area contributed by atoms with Crippen LogP contribution in [0.3, 0.4) is 0 Å². The normalized spacial score (nSPS) is 12.7. The van der Waals surface area contributed by atoms with Gasteiger partial charge in [0.15, 0.2) is 0 Å². The van der Waals surface area contributed by atoms with Gasteiger partial charge in [-0.3, -0.25) is 4.98 Å². The van der Waals surface area contributed by atoms with E-state index >= 15 is 0 Å². The lowest BCUT2D eigenvalue weighted by Gasteiger charge is -2.14. The van der Waals surface area contributed by atoms with E-state index in [4.69, 9.17) is 0 Å². The first kappa shape index (κ1) is 11.3. The van der Waals surface area contributed by atoms with Gasteiger partial charge in [0.2, 0.25) is 0 Å². The van der Waals surface area contributed by atoms with Crippen LogP contribution >= 0.6 is 11.3 Å². The van der Waals surface area contributed by atoms with Gasteiger partial charge in [-0.2, -0.15) is 0 Å². The van der Waals surface area contributed by atoms with Crippen LogP contribution in [0.5, 0.6) is 0 Å². The number of hydrogen-bond acceptors (Lipinski definition) is 3. The number of nitrogens with one attached hydrogen (secondary N) is 1. The van der Waals surface area contributed by atoms with Crippen LogP contribution in [-0.4, -0.2) is 12.0 Å². The monoisotopic (exact) mass is 232 g/mol. The largest absolute Gasteiger partial charge is 0.307 e. The smallest absolute Gasteiger partial charge is 0.0842 e. The molecule has 0 saturated heterocycles. The van der Waals surface area contributed by atoms with Crippen LogP contribution in [0.2, 0.25) is 0 Å². The van der Waals surface area contributed by atoms with Crippen molar-refractivity contribution >= 4 is 11.3 Å². The van der Waals surface area contributed by atoms with Crippen molar-refractivity contribution in [3.05, 3.63) is 51.5 Å². The Morgan fingerprint density at radius 2 is 2.06 bits per heavy atom. The first-order valence-electron chi connectivity index (χ1n) is 5.37. The van der Waals surface area contributed by atoms with Crippen molar-refractivity contribution in [1.29, 1.82) is 0 Å². The van der Waals surface area contributed by atoms with Crippen molar-refractivity contribution in [3.8, 4) is 0 Å². The summed E-state index contributed by atoms with van der Waals surface area (Å²) in [5, 5.41) is 3.32. The highest BCUT2D eigenvalue weighted by molar-refractivity contribution is 7.12. The van der Waals surface area contributed by atoms with Crippen LogP contribution in [0.25, 0.3) is 0 Å². The van der Waals surface area contributed by atoms with E-state index in [1.165, 1.54) is 15.3 Å². The van der Waals surface area contributed by atoms with Gasteiger partial charge >= 0.3 is 0 Å². The molecule has 0 bridgehead atoms. The van der Waals surface area contributed by atoms with Gasteiger partial charge in [0, 0.05) is 16.0 Å². The summed E-state index contributed by atoms with van der Waals surface area (Å²) in [5.41, 5.74) is 2.34. The highest BCUT2D eigenvalue weighted by Gasteiger charge is 2.14. The van der Waals surface area contributed by atoms with E-state index in [2.05, 4.69) is 42.3 Å². The molecule has 0 aliphatic heterocycles. The van der Waals surface area contributed by atoms with Crippen LogP contribution in [0.15, 0.2) is 30.5 Å². The van der Waals surface area contributed by atoms with E-state index in [0.717, 1.165) is 5.69 Å². The molecule has 1 atom stereocenters. The third-order valence-electron chi connectivity index (χ3n) is 2.57. The second-order valence-electron chi connectivity index (χ2n) is 3.93. The summed E-state index contributed by atoms with van der Waals surface area (Å²) in [5.74, 6) is 0. The van der Waals surface area contributed by atoms with Gasteiger partial charge in [-0.15, -0.1) is 11.3 Å². The Kier molecular flexibility index (Phi) is 3.36. The molecule has 84 valence electrons. The number of pyridine rings is 1. The molecule has 0 aromatic carbocycles. The second kappa shape index (κ2) is 4.76. The van der Waals surface area contributed by atoms with Gasteiger partial charge in [-0.25, -0.2) is 0 Å². The van der Waals surface area contributed by atoms with Crippen LogP contribution in [0.1, 0.15) is 27.1 Å². The zero-order valence-corrected chi connectivity index (χ0v) is 10.6. The quantitative estimate of drug-likeness (QED) is 0.879. The molecule has 2 heterocycles. The minimum absolute atomic E-state index is 0.207. The fourth-order valence-electron chi connectivity index (χ4n) is 1.76. The average molecular weight is 232 g/mol. The fourth-order valence-corrected chi connectivity index (χ4v) is 2.76. The Balaban J connectivity index is 2.36. The third-order valence-corrected chi connectivity index (χ3v) is 3.63. The maximum atomic E-state index is 4.44. The number of aromatic nitrogens is 1. The van der Waals surface area contributed by atoms with Gasteiger partial charge in [-0.1, -0.05) is 0 Å². The summed E-state index contributed by atoms with van der Waals surface area (Å²) in [6, 6.07) is 8.69. The van der Waals surface area contributed by atoms with Crippen LogP contribution < -0.4 is 5.32 Å². The molecule has 0 radical (unpaired) electrons. The summed E-state index contributed by atoms with van der Waals surface area (Å²) in [6.45, 7) is 4.22. The maximum Gasteiger partial charge on any atom is 0.0842 e. The second-order valence-corrected chi connectivity index (χ2v) is 5.25. The number of nitrogens with zero attached hydrogens (tertiary/aromatic N) is 1. The minimum Gasteiger partial charge on any atom is -0.307 e. The fraction of sp³-hybridized carbons (Fsp3) is 0.308. The molecule has 0 spiro atoms. The Morgan fingerprint density at radius 1 is 1.25 bits per heavy atom. The molecule has 16 heavy (non-hydrogen) atoms. The standard InChI is InChI=1S/C13H16N2S/c1-9-6-7-15-11(8-9)13(14-3)12-5-4-10(2)16-12/h4-8,13-14H,1-3H3. The third kappa shape index (κ3) is 2.31. The lowest BCUT2D eigenvalue weighted by Crippen LogP contribution is -2.17. The molecular formula is C13H16N2S. The summed E-state index contributed by atoms with van der Waals surface area (Å²) in [4.78, 5) is 7.09. The first-order valence-corrected chi connectivity index (χ1v) is 6.18. The van der Waals surface area contributed by atoms with Crippen molar-refractivity contribution in [2.45, 2.75) is 19.9 Å². The van der Waals surface area contributed by atoms with Crippen molar-refractivity contribution in [2.75, 3.05) is 7.05 Å². The topological polar surface area (TPSA) is 24.9 Å². The van der Waals surface area contributed by atoms with Gasteiger partial charge in [-0.05, 0) is 50.7 Å². The Hall–Kier alpha value is -1.19. The Labute approximate surface area is 100 Å². The highest BCUT2D eigenvalue weighted by atomic mass is 32.1. The molecule has 0 aliphatic carbocycles. The molecule has 2 aromatic rings. The van der Waals surface area contributed by atoms with Gasteiger partial charge in [0.1, 0.15) is 0 Å². The van der Waals surface area contributed by atoms with E-state index in [1.54, 1.807) is 0 Å². The van der Waals surface area contributed by atoms with Gasteiger partial charge in [0.05, 0.1) is 11.7 Å². The number of aryl methyl sites for hydroxylation is 2. The van der Waals surface area contributed by atoms with Crippen LogP contribution in [-0.2, 0) is 0 Å². The Morgan fingerprint density at radius 3 is 2.62 bits per heavy atom. The molecule has 3 heteroatoms. The number of thiophene rings is 1. The van der Waals surface area contributed by atoms with E-state index in [9.17, 15) is 0 Å². The molecule has 2 rings (SSSR count). The summed E-state index contributed by atoms with van der Waals surface area (Å²) < 4.78 is 0. The van der Waals surface area contributed by atoms with Crippen molar-refractivity contribution in [3.63, 3.8) is 0 Å². The maximum absolute atomic E-state index is 4.44. The average Bonchev–Trinajstić information content (AvgIpc) is 2.66. The zero-order chi connectivity index (χ0) is 11.5. The molecule has 1 unspecified atom stereocenters. The van der Waals surface area contributed by atoms with E-state index < -0.39 is 0 Å². The molecule has 2 nitrogen and oxygen atoms in total. The molecular weight excluding hydrogens is 216 g/mol. The van der Waals surface area contributed by atoms with Crippen LogP contribution in [0, 0.1) is 13.8 Å². The van der Waals surface area contributed by atoms with Gasteiger partial charge < -0.3 is 5.32 Å². The molecule has 0 aliphatic rings. The molecule has 0 amide bonds. The summed E-state index contributed by atoms with van der Waals surface area (Å²) >= 11 is 1.82. The highest BCUT2D eigenvalue weighted by Crippen LogP contribution is 2.27. The number of rotatable bonds is 3. The van der Waals surface area contributed by atoms with Crippen LogP contribution in [0.4, 0.5) is 0 Å². The zero-order valence-electron chi connectivity index (χ0n) is 9.82. The first-order chi connectivity index (χ1) is 7.70. The predicted octanol–water partition coefficient (Wildman–Crippen LogP) is 3.07. The van der Waals surface area contributed by atoms with E-state index in [0.29, 0.717) is 0 Å². The molecule has 0 saturated carbocycles. The number of hydrogen-bond donors (Lipinski definition) is 1. The minimum atomic E-state index is 0.207. The van der Waals surface area contributed by atoms with E-state index in [1.807, 2.05) is 30.6 Å². The lowest BCUT2D eigenvalue weighted by molar-refractivity contribution is 0.681. The van der Waals surface area contributed by atoms with E-state index in [-0.39, 0.29) is 6.04 Å². The predicted molar refractivity (Wildman–Crippen MR) is 68.9 cm³/mol. The molecule has 0 fully saturated rings. The Bertz CT molecular complexity index is 476. The molecule has 2 aromatic heterocycles. The lowest BCUT2D eigenvalue weighted by atomic mass is 10.1. The van der Waals surface area contributed by atoms with Crippen molar-refractivity contribution < 1.29 is 0 Å². The summed E-state index contributed by atoms with van der Waals surface area (Å²) in [6.07, 6.45) is 1.87.